The molecule has 2 amide bonds. The maximum atomic E-state index is 13.2. The fourth-order valence-corrected chi connectivity index (χ4v) is 4.95. The third kappa shape index (κ3) is 5.06. The zero-order chi connectivity index (χ0) is 23.8. The molecule has 1 aromatic carbocycles. The molecule has 2 aromatic heterocycles. The van der Waals surface area contributed by atoms with Crippen molar-refractivity contribution in [2.24, 2.45) is 0 Å². The van der Waals surface area contributed by atoms with Gasteiger partial charge in [-0.15, -0.1) is 11.3 Å². The minimum atomic E-state index is -0.655. The van der Waals surface area contributed by atoms with Crippen molar-refractivity contribution in [1.82, 2.24) is 15.3 Å². The van der Waals surface area contributed by atoms with Gasteiger partial charge in [-0.2, -0.15) is 0 Å². The molecule has 7 nitrogen and oxygen atoms in total. The normalized spacial score (nSPS) is 17.8. The zero-order valence-corrected chi connectivity index (χ0v) is 20.3. The van der Waals surface area contributed by atoms with E-state index in [1.165, 1.54) is 11.3 Å². The summed E-state index contributed by atoms with van der Waals surface area (Å²) in [5.74, 6) is -0.183. The molecule has 0 bridgehead atoms. The Kier molecular flexibility index (Phi) is 5.97. The Hall–Kier alpha value is -3.26. The second kappa shape index (κ2) is 8.59. The van der Waals surface area contributed by atoms with Gasteiger partial charge in [0.05, 0.1) is 5.69 Å². The van der Waals surface area contributed by atoms with Crippen molar-refractivity contribution in [3.8, 4) is 22.4 Å². The average Bonchev–Trinajstić information content (AvgIpc) is 3.29. The number of hydrogen-bond donors (Lipinski definition) is 1. The summed E-state index contributed by atoms with van der Waals surface area (Å²) in [5, 5.41) is 5.30. The summed E-state index contributed by atoms with van der Waals surface area (Å²) in [7, 11) is 0. The van der Waals surface area contributed by atoms with Crippen LogP contribution >= 0.6 is 11.3 Å². The first-order valence-corrected chi connectivity index (χ1v) is 11.7. The SMILES string of the molecule is CC(C)(C)OC(=O)NC1CC(C)(C)N(c2nc(-c3cccc(-c4ccncc4)c3)cs2)C1=O. The predicted molar refractivity (Wildman–Crippen MR) is 130 cm³/mol. The quantitative estimate of drug-likeness (QED) is 0.568. The van der Waals surface area contributed by atoms with Crippen molar-refractivity contribution in [3.05, 3.63) is 54.2 Å². The lowest BCUT2D eigenvalue weighted by Gasteiger charge is -2.28. The Morgan fingerprint density at radius 1 is 1.15 bits per heavy atom. The number of pyridine rings is 1. The molecule has 1 unspecified atom stereocenters. The van der Waals surface area contributed by atoms with Crippen LogP contribution in [-0.2, 0) is 9.53 Å². The van der Waals surface area contributed by atoms with Gasteiger partial charge < -0.3 is 10.1 Å². The molecule has 1 aliphatic rings. The average molecular weight is 465 g/mol. The lowest BCUT2D eigenvalue weighted by Crippen LogP contribution is -2.45. The van der Waals surface area contributed by atoms with Crippen LogP contribution in [0.3, 0.4) is 0 Å². The number of amides is 2. The second-order valence-corrected chi connectivity index (χ2v) is 10.6. The first-order chi connectivity index (χ1) is 15.5. The highest BCUT2D eigenvalue weighted by atomic mass is 32.1. The molecule has 0 saturated carbocycles. The van der Waals surface area contributed by atoms with Crippen molar-refractivity contribution in [1.29, 1.82) is 0 Å². The Labute approximate surface area is 197 Å². The highest BCUT2D eigenvalue weighted by Crippen LogP contribution is 2.38. The third-order valence-electron chi connectivity index (χ3n) is 5.37. The molecule has 0 aliphatic carbocycles. The van der Waals surface area contributed by atoms with Crippen molar-refractivity contribution in [2.45, 2.75) is 58.2 Å². The Bertz CT molecular complexity index is 1170. The van der Waals surface area contributed by atoms with E-state index < -0.39 is 23.3 Å². The maximum absolute atomic E-state index is 13.2. The lowest BCUT2D eigenvalue weighted by molar-refractivity contribution is -0.119. The van der Waals surface area contributed by atoms with Gasteiger partial charge in [0.15, 0.2) is 5.13 Å². The molecule has 1 fully saturated rings. The molecule has 3 heterocycles. The van der Waals surface area contributed by atoms with E-state index in [9.17, 15) is 9.59 Å². The number of thiazole rings is 1. The van der Waals surface area contributed by atoms with Gasteiger partial charge in [0.1, 0.15) is 11.6 Å². The Morgan fingerprint density at radius 2 is 1.85 bits per heavy atom. The lowest BCUT2D eigenvalue weighted by atomic mass is 10.0. The molecule has 3 aromatic rings. The van der Waals surface area contributed by atoms with Crippen molar-refractivity contribution < 1.29 is 14.3 Å². The first-order valence-electron chi connectivity index (χ1n) is 10.8. The second-order valence-electron chi connectivity index (χ2n) is 9.72. The van der Waals surface area contributed by atoms with Gasteiger partial charge in [-0.1, -0.05) is 18.2 Å². The Morgan fingerprint density at radius 3 is 2.55 bits per heavy atom. The molecular weight excluding hydrogens is 436 g/mol. The zero-order valence-electron chi connectivity index (χ0n) is 19.5. The molecule has 8 heteroatoms. The van der Waals surface area contributed by atoms with Crippen LogP contribution in [0.4, 0.5) is 9.93 Å². The third-order valence-corrected chi connectivity index (χ3v) is 6.20. The van der Waals surface area contributed by atoms with Crippen molar-refractivity contribution >= 4 is 28.5 Å². The van der Waals surface area contributed by atoms with Crippen LogP contribution in [0.15, 0.2) is 54.2 Å². The van der Waals surface area contributed by atoms with Crippen LogP contribution < -0.4 is 10.2 Å². The molecule has 0 spiro atoms. The van der Waals surface area contributed by atoms with Crippen molar-refractivity contribution in [2.75, 3.05) is 4.90 Å². The molecule has 1 N–H and O–H groups in total. The van der Waals surface area contributed by atoms with Gasteiger partial charge in [0.25, 0.3) is 5.91 Å². The van der Waals surface area contributed by atoms with E-state index in [1.807, 2.05) is 49.6 Å². The smallest absolute Gasteiger partial charge is 0.408 e. The summed E-state index contributed by atoms with van der Waals surface area (Å²) < 4.78 is 5.33. The van der Waals surface area contributed by atoms with Crippen LogP contribution in [0.1, 0.15) is 41.0 Å². The molecule has 1 aliphatic heterocycles. The van der Waals surface area contributed by atoms with Gasteiger partial charge in [-0.05, 0) is 70.4 Å². The number of nitrogens with zero attached hydrogens (tertiary/aromatic N) is 3. The molecule has 172 valence electrons. The number of benzene rings is 1. The number of aromatic nitrogens is 2. The predicted octanol–water partition coefficient (Wildman–Crippen LogP) is 5.28. The van der Waals surface area contributed by atoms with Crippen molar-refractivity contribution in [3.63, 3.8) is 0 Å². The van der Waals surface area contributed by atoms with Gasteiger partial charge in [0, 0.05) is 28.9 Å². The number of rotatable bonds is 4. The molecule has 1 saturated heterocycles. The van der Waals surface area contributed by atoms with E-state index in [0.717, 1.165) is 22.4 Å². The fraction of sp³-hybridized carbons (Fsp3) is 0.360. The number of hydrogen-bond acceptors (Lipinski definition) is 6. The van der Waals surface area contributed by atoms with E-state index in [-0.39, 0.29) is 5.91 Å². The van der Waals surface area contributed by atoms with E-state index in [4.69, 9.17) is 9.72 Å². The van der Waals surface area contributed by atoms with Crippen LogP contribution in [0.5, 0.6) is 0 Å². The van der Waals surface area contributed by atoms with Gasteiger partial charge in [-0.25, -0.2) is 9.78 Å². The summed E-state index contributed by atoms with van der Waals surface area (Å²) in [6.07, 6.45) is 3.42. The van der Waals surface area contributed by atoms with Gasteiger partial charge in [0.2, 0.25) is 0 Å². The van der Waals surface area contributed by atoms with Gasteiger partial charge in [-0.3, -0.25) is 14.7 Å². The number of alkyl carbamates (subject to hydrolysis) is 1. The van der Waals surface area contributed by atoms with E-state index in [0.29, 0.717) is 11.6 Å². The van der Waals surface area contributed by atoms with Crippen LogP contribution in [0.25, 0.3) is 22.4 Å². The molecule has 4 rings (SSSR count). The number of anilines is 1. The van der Waals surface area contributed by atoms with E-state index in [2.05, 4.69) is 16.4 Å². The number of nitrogens with one attached hydrogen (secondary N) is 1. The topological polar surface area (TPSA) is 84.4 Å². The number of carbonyl (C=O) groups is 2. The summed E-state index contributed by atoms with van der Waals surface area (Å²) in [4.78, 5) is 36.0. The summed E-state index contributed by atoms with van der Waals surface area (Å²) >= 11 is 1.42. The van der Waals surface area contributed by atoms with Crippen LogP contribution in [0.2, 0.25) is 0 Å². The first kappa shape index (κ1) is 22.9. The highest BCUT2D eigenvalue weighted by molar-refractivity contribution is 7.14. The highest BCUT2D eigenvalue weighted by Gasteiger charge is 2.48. The fourth-order valence-electron chi connectivity index (χ4n) is 3.95. The maximum Gasteiger partial charge on any atom is 0.408 e. The van der Waals surface area contributed by atoms with E-state index in [1.54, 1.807) is 38.1 Å². The summed E-state index contributed by atoms with van der Waals surface area (Å²) in [6, 6.07) is 11.4. The molecule has 1 atom stereocenters. The van der Waals surface area contributed by atoms with Crippen LogP contribution in [0, 0.1) is 0 Å². The number of carbonyl (C=O) groups excluding carboxylic acids is 2. The monoisotopic (exact) mass is 464 g/mol. The molecule has 0 radical (unpaired) electrons. The van der Waals surface area contributed by atoms with Crippen LogP contribution in [-0.4, -0.2) is 39.2 Å². The molecular formula is C25H28N4O3S. The summed E-state index contributed by atoms with van der Waals surface area (Å²) in [5.41, 5.74) is 2.80. The Balaban J connectivity index is 1.56. The number of ether oxygens (including phenoxy) is 1. The standard InChI is InChI=1S/C25H28N4O3S/c1-24(2,3)32-23(31)28-19-14-25(4,5)29(21(19)30)22-27-20(15-33-22)18-8-6-7-17(13-18)16-9-11-26-12-10-16/h6-13,15,19H,14H2,1-5H3,(H,28,31). The molecule has 33 heavy (non-hydrogen) atoms. The minimum Gasteiger partial charge on any atom is -0.444 e. The minimum absolute atomic E-state index is 0.183. The largest absolute Gasteiger partial charge is 0.444 e. The van der Waals surface area contributed by atoms with E-state index >= 15 is 0 Å². The van der Waals surface area contributed by atoms with Gasteiger partial charge >= 0.3 is 6.09 Å². The summed E-state index contributed by atoms with van der Waals surface area (Å²) in [6.45, 7) is 9.33.